The minimum atomic E-state index is -4.34. The van der Waals surface area contributed by atoms with Crippen LogP contribution in [0.4, 0.5) is 13.2 Å². The van der Waals surface area contributed by atoms with Gasteiger partial charge in [0.15, 0.2) is 0 Å². The third kappa shape index (κ3) is 4.56. The van der Waals surface area contributed by atoms with Crippen LogP contribution in [0.2, 0.25) is 0 Å². The summed E-state index contributed by atoms with van der Waals surface area (Å²) in [6.07, 6.45) is 2.14. The second-order valence-corrected chi connectivity index (χ2v) is 3.83. The second kappa shape index (κ2) is 5.82. The predicted molar refractivity (Wildman–Crippen MR) is 61.4 cm³/mol. The van der Waals surface area contributed by atoms with Crippen LogP contribution in [-0.4, -0.2) is 18.1 Å². The van der Waals surface area contributed by atoms with E-state index >= 15 is 0 Å². The number of nitrogens with one attached hydrogen (secondary N) is 1. The van der Waals surface area contributed by atoms with Gasteiger partial charge in [-0.05, 0) is 32.0 Å². The van der Waals surface area contributed by atoms with Crippen molar-refractivity contribution in [2.24, 2.45) is 0 Å². The molecular weight excluding hydrogens is 229 g/mol. The minimum Gasteiger partial charge on any atom is -0.317 e. The quantitative estimate of drug-likeness (QED) is 0.880. The van der Waals surface area contributed by atoms with Gasteiger partial charge in [-0.2, -0.15) is 13.2 Å². The molecule has 0 spiro atoms. The maximum Gasteiger partial charge on any atom is 0.417 e. The summed E-state index contributed by atoms with van der Waals surface area (Å²) in [5, 5.41) is 3.04. The summed E-state index contributed by atoms with van der Waals surface area (Å²) in [6, 6.07) is 1.39. The molecule has 0 bridgehead atoms. The first-order valence-corrected chi connectivity index (χ1v) is 5.29. The van der Waals surface area contributed by atoms with Gasteiger partial charge in [0, 0.05) is 18.4 Å². The van der Waals surface area contributed by atoms with Gasteiger partial charge in [-0.1, -0.05) is 12.2 Å². The van der Waals surface area contributed by atoms with Gasteiger partial charge in [-0.3, -0.25) is 4.98 Å². The average molecular weight is 244 g/mol. The highest BCUT2D eigenvalue weighted by Crippen LogP contribution is 2.29. The van der Waals surface area contributed by atoms with Crippen molar-refractivity contribution < 1.29 is 13.2 Å². The Morgan fingerprint density at radius 2 is 2.12 bits per heavy atom. The number of hydrogen-bond donors (Lipinski definition) is 1. The van der Waals surface area contributed by atoms with Gasteiger partial charge >= 0.3 is 6.18 Å². The van der Waals surface area contributed by atoms with Crippen molar-refractivity contribution in [1.29, 1.82) is 0 Å². The van der Waals surface area contributed by atoms with Crippen LogP contribution in [0.15, 0.2) is 24.5 Å². The van der Waals surface area contributed by atoms with E-state index in [0.29, 0.717) is 11.6 Å². The average Bonchev–Trinajstić information content (AvgIpc) is 2.28. The van der Waals surface area contributed by atoms with Gasteiger partial charge in [-0.25, -0.2) is 0 Å². The number of halogens is 3. The van der Waals surface area contributed by atoms with Gasteiger partial charge < -0.3 is 5.32 Å². The first-order chi connectivity index (χ1) is 7.93. The minimum absolute atomic E-state index is 0.296. The molecule has 1 rings (SSSR count). The highest BCUT2D eigenvalue weighted by molar-refractivity contribution is 5.49. The van der Waals surface area contributed by atoms with Gasteiger partial charge in [0.1, 0.15) is 0 Å². The molecule has 94 valence electrons. The van der Waals surface area contributed by atoms with Crippen molar-refractivity contribution in [2.75, 3.05) is 7.05 Å². The summed E-state index contributed by atoms with van der Waals surface area (Å²) < 4.78 is 37.2. The molecule has 0 amide bonds. The zero-order chi connectivity index (χ0) is 12.9. The maximum absolute atomic E-state index is 12.4. The van der Waals surface area contributed by atoms with E-state index in [-0.39, 0.29) is 0 Å². The Morgan fingerprint density at radius 1 is 1.41 bits per heavy atom. The van der Waals surface area contributed by atoms with E-state index in [1.54, 1.807) is 6.08 Å². The fourth-order valence-electron chi connectivity index (χ4n) is 1.23. The molecule has 0 saturated heterocycles. The molecule has 1 N–H and O–H groups in total. The van der Waals surface area contributed by atoms with E-state index in [4.69, 9.17) is 0 Å². The molecule has 0 saturated carbocycles. The predicted octanol–water partition coefficient (Wildman–Crippen LogP) is 3.11. The zero-order valence-corrected chi connectivity index (χ0v) is 9.75. The highest BCUT2D eigenvalue weighted by Gasteiger charge is 2.30. The first kappa shape index (κ1) is 13.7. The molecule has 1 unspecified atom stereocenters. The molecule has 1 atom stereocenters. The Labute approximate surface area is 98.6 Å². The molecule has 0 aliphatic rings. The third-order valence-electron chi connectivity index (χ3n) is 2.38. The molecule has 0 fully saturated rings. The second-order valence-electron chi connectivity index (χ2n) is 3.83. The Kier molecular flexibility index (Phi) is 4.69. The number of pyridine rings is 1. The number of rotatable bonds is 4. The van der Waals surface area contributed by atoms with Crippen LogP contribution in [0.25, 0.3) is 6.08 Å². The summed E-state index contributed by atoms with van der Waals surface area (Å²) in [5.41, 5.74) is -0.260. The Morgan fingerprint density at radius 3 is 2.71 bits per heavy atom. The monoisotopic (exact) mass is 244 g/mol. The Bertz CT molecular complexity index is 386. The molecule has 2 nitrogen and oxygen atoms in total. The van der Waals surface area contributed by atoms with Gasteiger partial charge in [0.25, 0.3) is 0 Å². The van der Waals surface area contributed by atoms with Gasteiger partial charge in [-0.15, -0.1) is 0 Å². The molecule has 0 aliphatic carbocycles. The standard InChI is InChI=1S/C12H15F3N2/c1-9(16-2)4-3-5-10-6-11(8-17-7-10)12(13,14)15/h3,5-9,16H,4H2,1-2H3. The van der Waals surface area contributed by atoms with Crippen molar-refractivity contribution in [2.45, 2.75) is 25.6 Å². The summed E-state index contributed by atoms with van der Waals surface area (Å²) >= 11 is 0. The van der Waals surface area contributed by atoms with Crippen LogP contribution in [0, 0.1) is 0 Å². The van der Waals surface area contributed by atoms with Crippen LogP contribution in [-0.2, 0) is 6.18 Å². The molecule has 1 aromatic heterocycles. The molecule has 17 heavy (non-hydrogen) atoms. The van der Waals surface area contributed by atoms with Gasteiger partial charge in [0.05, 0.1) is 5.56 Å². The SMILES string of the molecule is CNC(C)CC=Cc1cncc(C(F)(F)F)c1. The van der Waals surface area contributed by atoms with Crippen LogP contribution in [0.1, 0.15) is 24.5 Å². The first-order valence-electron chi connectivity index (χ1n) is 5.29. The van der Waals surface area contributed by atoms with Crippen LogP contribution < -0.4 is 5.32 Å². The van der Waals surface area contributed by atoms with Gasteiger partial charge in [0.2, 0.25) is 0 Å². The third-order valence-corrected chi connectivity index (χ3v) is 2.38. The zero-order valence-electron chi connectivity index (χ0n) is 9.75. The van der Waals surface area contributed by atoms with Crippen molar-refractivity contribution >= 4 is 6.08 Å². The van der Waals surface area contributed by atoms with E-state index in [9.17, 15) is 13.2 Å². The van der Waals surface area contributed by atoms with Crippen molar-refractivity contribution in [3.63, 3.8) is 0 Å². The fraction of sp³-hybridized carbons (Fsp3) is 0.417. The molecular formula is C12H15F3N2. The summed E-state index contributed by atoms with van der Waals surface area (Å²) in [4.78, 5) is 3.58. The van der Waals surface area contributed by atoms with Crippen LogP contribution in [0.5, 0.6) is 0 Å². The normalized spacial score (nSPS) is 14.2. The van der Waals surface area contributed by atoms with E-state index < -0.39 is 11.7 Å². The number of nitrogens with zero attached hydrogens (tertiary/aromatic N) is 1. The van der Waals surface area contributed by atoms with Crippen molar-refractivity contribution in [1.82, 2.24) is 10.3 Å². The molecule has 1 aromatic rings. The molecule has 0 aliphatic heterocycles. The Balaban J connectivity index is 2.73. The van der Waals surface area contributed by atoms with Crippen molar-refractivity contribution in [3.8, 4) is 0 Å². The molecule has 1 heterocycles. The summed E-state index contributed by atoms with van der Waals surface area (Å²) in [6.45, 7) is 1.99. The summed E-state index contributed by atoms with van der Waals surface area (Å²) in [5.74, 6) is 0. The largest absolute Gasteiger partial charge is 0.417 e. The summed E-state index contributed by atoms with van der Waals surface area (Å²) in [7, 11) is 1.84. The maximum atomic E-state index is 12.4. The van der Waals surface area contributed by atoms with Crippen molar-refractivity contribution in [3.05, 3.63) is 35.7 Å². The molecule has 0 radical (unpaired) electrons. The lowest BCUT2D eigenvalue weighted by Gasteiger charge is -2.07. The molecule has 5 heteroatoms. The smallest absolute Gasteiger partial charge is 0.317 e. The van der Waals surface area contributed by atoms with E-state index in [1.807, 2.05) is 20.0 Å². The Hall–Kier alpha value is -1.36. The van der Waals surface area contributed by atoms with Crippen LogP contribution >= 0.6 is 0 Å². The topological polar surface area (TPSA) is 24.9 Å². The van der Waals surface area contributed by atoms with E-state index in [2.05, 4.69) is 10.3 Å². The lowest BCUT2D eigenvalue weighted by molar-refractivity contribution is -0.137. The van der Waals surface area contributed by atoms with E-state index in [1.165, 1.54) is 6.20 Å². The lowest BCUT2D eigenvalue weighted by atomic mass is 10.1. The number of aromatic nitrogens is 1. The fourth-order valence-corrected chi connectivity index (χ4v) is 1.23. The van der Waals surface area contributed by atoms with E-state index in [0.717, 1.165) is 18.7 Å². The lowest BCUT2D eigenvalue weighted by Crippen LogP contribution is -2.19. The molecule has 0 aromatic carbocycles. The highest BCUT2D eigenvalue weighted by atomic mass is 19.4. The number of alkyl halides is 3. The number of hydrogen-bond acceptors (Lipinski definition) is 2. The van der Waals surface area contributed by atoms with Crippen LogP contribution in [0.3, 0.4) is 0 Å².